The highest BCUT2D eigenvalue weighted by atomic mass is 16.6. The van der Waals surface area contributed by atoms with Crippen molar-refractivity contribution in [2.24, 2.45) is 16.7 Å². The van der Waals surface area contributed by atoms with Crippen LogP contribution in [0.3, 0.4) is 0 Å². The van der Waals surface area contributed by atoms with Crippen molar-refractivity contribution in [3.05, 3.63) is 47.0 Å². The first kappa shape index (κ1) is 35.5. The molecule has 262 valence electrons. The van der Waals surface area contributed by atoms with Crippen molar-refractivity contribution >= 4 is 29.8 Å². The van der Waals surface area contributed by atoms with Gasteiger partial charge in [-0.2, -0.15) is 0 Å². The molecule has 3 aliphatic carbocycles. The van der Waals surface area contributed by atoms with E-state index in [0.29, 0.717) is 5.57 Å². The molecule has 0 radical (unpaired) electrons. The Labute approximate surface area is 278 Å². The molecular formula is C35H44O13. The number of esters is 5. The van der Waals surface area contributed by atoms with Gasteiger partial charge in [-0.1, -0.05) is 25.1 Å². The number of fused-ring (bicyclic) bond motifs is 4. The second-order valence-corrected chi connectivity index (χ2v) is 14.1. The Bertz CT molecular complexity index is 1530. The molecule has 48 heavy (non-hydrogen) atoms. The number of aliphatic hydroxyl groups is 2. The van der Waals surface area contributed by atoms with Crippen molar-refractivity contribution in [3.63, 3.8) is 0 Å². The number of benzene rings is 1. The molecule has 1 aromatic rings. The molecule has 1 saturated heterocycles. The quantitative estimate of drug-likeness (QED) is 0.245. The van der Waals surface area contributed by atoms with Crippen molar-refractivity contribution in [1.82, 2.24) is 0 Å². The minimum atomic E-state index is -1.83. The number of rotatable bonds is 7. The fourth-order valence-corrected chi connectivity index (χ4v) is 9.02. The van der Waals surface area contributed by atoms with Crippen molar-refractivity contribution in [2.45, 2.75) is 116 Å². The predicted octanol–water partition coefficient (Wildman–Crippen LogP) is 2.59. The first-order chi connectivity index (χ1) is 22.3. The maximum atomic E-state index is 13.9. The van der Waals surface area contributed by atoms with E-state index >= 15 is 0 Å². The van der Waals surface area contributed by atoms with Gasteiger partial charge in [0.1, 0.15) is 36.6 Å². The molecule has 0 bridgehead atoms. The third-order valence-electron chi connectivity index (χ3n) is 10.8. The molecule has 2 saturated carbocycles. The molecule has 1 aromatic carbocycles. The fourth-order valence-electron chi connectivity index (χ4n) is 9.02. The van der Waals surface area contributed by atoms with Gasteiger partial charge in [-0.05, 0) is 44.1 Å². The van der Waals surface area contributed by atoms with Gasteiger partial charge in [-0.3, -0.25) is 19.2 Å². The zero-order chi connectivity index (χ0) is 35.6. The van der Waals surface area contributed by atoms with Crippen LogP contribution in [0.25, 0.3) is 0 Å². The van der Waals surface area contributed by atoms with Gasteiger partial charge in [0.15, 0.2) is 5.60 Å². The van der Waals surface area contributed by atoms with E-state index in [1.165, 1.54) is 53.7 Å². The van der Waals surface area contributed by atoms with E-state index in [0.717, 1.165) is 0 Å². The van der Waals surface area contributed by atoms with E-state index in [-0.39, 0.29) is 30.6 Å². The summed E-state index contributed by atoms with van der Waals surface area (Å²) >= 11 is 0. The van der Waals surface area contributed by atoms with Crippen LogP contribution in [0.2, 0.25) is 0 Å². The van der Waals surface area contributed by atoms with Crippen molar-refractivity contribution in [2.75, 3.05) is 6.61 Å². The number of ether oxygens (including phenoxy) is 6. The SMILES string of the molecule is CC(=O)O[C@H]1C[C@]2(C(C)(C)O)C(=C1C)[C@@H](O)[C@H](OC(=O)c1ccccc1)[C@]1(C)[C@@H](OC(C)=O)C[C@H]3OC[C@@]3(OC(C)=O)[C@@H]1[C@@H]2OC(C)=O. The van der Waals surface area contributed by atoms with E-state index in [1.807, 2.05) is 0 Å². The minimum absolute atomic E-state index is 0.0254. The fraction of sp³-hybridized carbons (Fsp3) is 0.629. The number of carbonyl (C=O) groups excluding carboxylic acids is 5. The molecule has 1 aliphatic heterocycles. The van der Waals surface area contributed by atoms with Gasteiger partial charge in [0.25, 0.3) is 0 Å². The van der Waals surface area contributed by atoms with Gasteiger partial charge >= 0.3 is 29.8 Å². The molecule has 4 aliphatic rings. The normalized spacial score (nSPS) is 37.0. The number of carbonyl (C=O) groups is 5. The third kappa shape index (κ3) is 5.39. The molecular weight excluding hydrogens is 628 g/mol. The highest BCUT2D eigenvalue weighted by Crippen LogP contribution is 2.68. The predicted molar refractivity (Wildman–Crippen MR) is 165 cm³/mol. The molecule has 3 fully saturated rings. The lowest BCUT2D eigenvalue weighted by Crippen LogP contribution is -2.79. The zero-order valence-corrected chi connectivity index (χ0v) is 28.4. The molecule has 0 amide bonds. The van der Waals surface area contributed by atoms with E-state index < -0.39 is 94.4 Å². The average molecular weight is 673 g/mol. The van der Waals surface area contributed by atoms with Crippen LogP contribution in [0, 0.1) is 16.7 Å². The van der Waals surface area contributed by atoms with Crippen LogP contribution in [-0.2, 0) is 47.6 Å². The molecule has 0 unspecified atom stereocenters. The summed E-state index contributed by atoms with van der Waals surface area (Å²) in [5.41, 5.74) is -6.13. The second-order valence-electron chi connectivity index (χ2n) is 14.1. The summed E-state index contributed by atoms with van der Waals surface area (Å²) in [5, 5.41) is 25.0. The summed E-state index contributed by atoms with van der Waals surface area (Å²) in [5.74, 6) is -4.81. The molecule has 10 atom stereocenters. The van der Waals surface area contributed by atoms with Crippen LogP contribution >= 0.6 is 0 Å². The highest BCUT2D eigenvalue weighted by Gasteiger charge is 2.80. The Morgan fingerprint density at radius 2 is 1.48 bits per heavy atom. The summed E-state index contributed by atoms with van der Waals surface area (Å²) in [4.78, 5) is 64.9. The number of aliphatic hydroxyl groups excluding tert-OH is 1. The van der Waals surface area contributed by atoms with E-state index in [2.05, 4.69) is 0 Å². The van der Waals surface area contributed by atoms with E-state index in [1.54, 1.807) is 32.0 Å². The zero-order valence-electron chi connectivity index (χ0n) is 28.4. The largest absolute Gasteiger partial charge is 0.462 e. The van der Waals surface area contributed by atoms with Crippen molar-refractivity contribution < 1.29 is 62.6 Å². The van der Waals surface area contributed by atoms with Crippen molar-refractivity contribution in [1.29, 1.82) is 0 Å². The third-order valence-corrected chi connectivity index (χ3v) is 10.8. The Morgan fingerprint density at radius 3 is 1.98 bits per heavy atom. The minimum Gasteiger partial charge on any atom is -0.462 e. The summed E-state index contributed by atoms with van der Waals surface area (Å²) in [6.07, 6.45) is -7.92. The molecule has 13 nitrogen and oxygen atoms in total. The van der Waals surface area contributed by atoms with Gasteiger partial charge < -0.3 is 38.6 Å². The first-order valence-electron chi connectivity index (χ1n) is 16.0. The Morgan fingerprint density at radius 1 is 0.875 bits per heavy atom. The van der Waals surface area contributed by atoms with Gasteiger partial charge in [0.2, 0.25) is 0 Å². The lowest BCUT2D eigenvalue weighted by Gasteiger charge is -2.65. The summed E-state index contributed by atoms with van der Waals surface area (Å²) in [6, 6.07) is 8.07. The Balaban J connectivity index is 1.90. The van der Waals surface area contributed by atoms with Gasteiger partial charge in [0.05, 0.1) is 34.5 Å². The molecule has 0 spiro atoms. The lowest BCUT2D eigenvalue weighted by molar-refractivity contribution is -0.352. The lowest BCUT2D eigenvalue weighted by atomic mass is 9.49. The summed E-state index contributed by atoms with van der Waals surface area (Å²) in [6.45, 7) is 10.9. The van der Waals surface area contributed by atoms with Crippen LogP contribution in [0.15, 0.2) is 41.5 Å². The number of hydrogen-bond donors (Lipinski definition) is 2. The van der Waals surface area contributed by atoms with E-state index in [4.69, 9.17) is 28.4 Å². The number of hydrogen-bond acceptors (Lipinski definition) is 13. The van der Waals surface area contributed by atoms with Gasteiger partial charge in [0, 0.05) is 40.5 Å². The maximum Gasteiger partial charge on any atom is 0.338 e. The monoisotopic (exact) mass is 672 g/mol. The summed E-state index contributed by atoms with van der Waals surface area (Å²) in [7, 11) is 0. The van der Waals surface area contributed by atoms with Crippen LogP contribution in [0.1, 0.15) is 78.6 Å². The van der Waals surface area contributed by atoms with Crippen LogP contribution < -0.4 is 0 Å². The standard InChI is InChI=1S/C35H44O13/c1-17-23(44-18(2)36)15-34(32(6,7)42)26(17)27(40)29(47-31(41)22-12-10-9-11-13-22)33(8)24(45-19(3)37)14-25-35(16-43-25,48-21(5)39)28(33)30(34)46-20(4)38/h9-13,23-25,27-30,40,42H,14-16H2,1-8H3/t23-,24-,25+,27+,28+,29-,30-,33+,34-,35-/m0/s1. The Kier molecular flexibility index (Phi) is 9.07. The topological polar surface area (TPSA) is 181 Å². The van der Waals surface area contributed by atoms with Crippen LogP contribution in [0.5, 0.6) is 0 Å². The molecule has 5 rings (SSSR count). The van der Waals surface area contributed by atoms with Gasteiger partial charge in [-0.25, -0.2) is 4.79 Å². The summed E-state index contributed by atoms with van der Waals surface area (Å²) < 4.78 is 36.2. The van der Waals surface area contributed by atoms with Crippen LogP contribution in [-0.4, -0.2) is 94.5 Å². The smallest absolute Gasteiger partial charge is 0.338 e. The van der Waals surface area contributed by atoms with Crippen molar-refractivity contribution in [3.8, 4) is 0 Å². The highest BCUT2D eigenvalue weighted by molar-refractivity contribution is 5.89. The van der Waals surface area contributed by atoms with Gasteiger partial charge in [-0.15, -0.1) is 0 Å². The maximum absolute atomic E-state index is 13.9. The Hall–Kier alpha value is -3.81. The first-order valence-corrected chi connectivity index (χ1v) is 16.0. The van der Waals surface area contributed by atoms with E-state index in [9.17, 15) is 34.2 Å². The molecule has 0 aromatic heterocycles. The second kappa shape index (κ2) is 12.3. The molecule has 1 heterocycles. The molecule has 13 heteroatoms. The van der Waals surface area contributed by atoms with Crippen LogP contribution in [0.4, 0.5) is 0 Å². The molecule has 2 N–H and O–H groups in total. The average Bonchev–Trinajstić information content (AvgIpc) is 3.23.